The zero-order valence-corrected chi connectivity index (χ0v) is 11.6. The van der Waals surface area contributed by atoms with Crippen molar-refractivity contribution in [1.82, 2.24) is 0 Å². The molecule has 1 aliphatic carbocycles. The standard InChI is InChI=1S/C11H21ClO3S/c1-11(15-2,9-16(12,13)14)8-10-6-4-3-5-7-10/h10H,3-9H2,1-2H3. The Morgan fingerprint density at radius 2 is 1.88 bits per heavy atom. The molecule has 1 aliphatic rings. The van der Waals surface area contributed by atoms with E-state index >= 15 is 0 Å². The van der Waals surface area contributed by atoms with Crippen LogP contribution in [0.5, 0.6) is 0 Å². The third kappa shape index (κ3) is 5.02. The van der Waals surface area contributed by atoms with E-state index in [4.69, 9.17) is 15.4 Å². The van der Waals surface area contributed by atoms with Gasteiger partial charge in [-0.05, 0) is 19.3 Å². The lowest BCUT2D eigenvalue weighted by Crippen LogP contribution is -2.37. The van der Waals surface area contributed by atoms with Crippen LogP contribution >= 0.6 is 10.7 Å². The number of methoxy groups -OCH3 is 1. The van der Waals surface area contributed by atoms with Crippen LogP contribution in [0.1, 0.15) is 45.4 Å². The Labute approximate surface area is 103 Å². The second-order valence-electron chi connectivity index (χ2n) is 5.05. The van der Waals surface area contributed by atoms with E-state index in [1.54, 1.807) is 7.11 Å². The van der Waals surface area contributed by atoms with Gasteiger partial charge in [-0.25, -0.2) is 8.42 Å². The van der Waals surface area contributed by atoms with Crippen molar-refractivity contribution in [1.29, 1.82) is 0 Å². The molecule has 5 heteroatoms. The molecule has 0 saturated heterocycles. The van der Waals surface area contributed by atoms with Crippen molar-refractivity contribution in [3.05, 3.63) is 0 Å². The van der Waals surface area contributed by atoms with Crippen molar-refractivity contribution in [2.75, 3.05) is 12.9 Å². The van der Waals surface area contributed by atoms with Gasteiger partial charge in [0, 0.05) is 17.8 Å². The highest BCUT2D eigenvalue weighted by molar-refractivity contribution is 8.13. The minimum absolute atomic E-state index is 0.103. The Kier molecular flexibility index (Phi) is 5.08. The molecule has 0 spiro atoms. The maximum Gasteiger partial charge on any atom is 0.235 e. The first-order valence-electron chi connectivity index (χ1n) is 5.82. The second-order valence-corrected chi connectivity index (χ2v) is 7.82. The predicted octanol–water partition coefficient (Wildman–Crippen LogP) is 2.93. The number of rotatable bonds is 5. The summed E-state index contributed by atoms with van der Waals surface area (Å²) in [6.45, 7) is 1.83. The van der Waals surface area contributed by atoms with E-state index in [2.05, 4.69) is 0 Å². The molecule has 3 nitrogen and oxygen atoms in total. The quantitative estimate of drug-likeness (QED) is 0.720. The van der Waals surface area contributed by atoms with Crippen LogP contribution in [0.4, 0.5) is 0 Å². The van der Waals surface area contributed by atoms with Crippen molar-refractivity contribution in [3.63, 3.8) is 0 Å². The molecule has 1 rings (SSSR count). The summed E-state index contributed by atoms with van der Waals surface area (Å²) in [6, 6.07) is 0. The lowest BCUT2D eigenvalue weighted by atomic mass is 9.82. The second kappa shape index (κ2) is 5.69. The van der Waals surface area contributed by atoms with Gasteiger partial charge < -0.3 is 4.74 Å². The van der Waals surface area contributed by atoms with E-state index in [0.29, 0.717) is 5.92 Å². The van der Waals surface area contributed by atoms with Gasteiger partial charge in [-0.2, -0.15) is 0 Å². The highest BCUT2D eigenvalue weighted by Gasteiger charge is 2.33. The molecule has 0 radical (unpaired) electrons. The van der Waals surface area contributed by atoms with E-state index in [0.717, 1.165) is 6.42 Å². The van der Waals surface area contributed by atoms with Gasteiger partial charge in [-0.3, -0.25) is 0 Å². The van der Waals surface area contributed by atoms with E-state index in [-0.39, 0.29) is 5.75 Å². The van der Waals surface area contributed by atoms with Crippen LogP contribution in [0.3, 0.4) is 0 Å². The number of hydrogen-bond donors (Lipinski definition) is 0. The highest BCUT2D eigenvalue weighted by Crippen LogP contribution is 2.33. The summed E-state index contributed by atoms with van der Waals surface area (Å²) in [5.41, 5.74) is -0.636. The van der Waals surface area contributed by atoms with Crippen LogP contribution in [0.15, 0.2) is 0 Å². The summed E-state index contributed by atoms with van der Waals surface area (Å²) < 4.78 is 27.6. The molecule has 0 aromatic rings. The van der Waals surface area contributed by atoms with Crippen molar-refractivity contribution in [2.45, 2.75) is 51.0 Å². The summed E-state index contributed by atoms with van der Waals surface area (Å²) in [6.07, 6.45) is 6.95. The van der Waals surface area contributed by atoms with Crippen molar-refractivity contribution in [2.24, 2.45) is 5.92 Å². The molecule has 0 aliphatic heterocycles. The summed E-state index contributed by atoms with van der Waals surface area (Å²) in [5, 5.41) is 0. The van der Waals surface area contributed by atoms with Gasteiger partial charge >= 0.3 is 0 Å². The lowest BCUT2D eigenvalue weighted by Gasteiger charge is -2.32. The average molecular weight is 269 g/mol. The summed E-state index contributed by atoms with van der Waals surface area (Å²) in [4.78, 5) is 0. The van der Waals surface area contributed by atoms with Gasteiger partial charge in [0.25, 0.3) is 0 Å². The molecule has 0 amide bonds. The fraction of sp³-hybridized carbons (Fsp3) is 1.00. The molecule has 0 heterocycles. The number of hydrogen-bond acceptors (Lipinski definition) is 3. The van der Waals surface area contributed by atoms with E-state index in [9.17, 15) is 8.42 Å². The molecule has 16 heavy (non-hydrogen) atoms. The van der Waals surface area contributed by atoms with Crippen molar-refractivity contribution >= 4 is 19.7 Å². The van der Waals surface area contributed by atoms with Crippen molar-refractivity contribution < 1.29 is 13.2 Å². The fourth-order valence-corrected chi connectivity index (χ4v) is 4.23. The third-order valence-electron chi connectivity index (χ3n) is 3.42. The molecular weight excluding hydrogens is 248 g/mol. The summed E-state index contributed by atoms with van der Waals surface area (Å²) >= 11 is 0. The fourth-order valence-electron chi connectivity index (χ4n) is 2.57. The maximum atomic E-state index is 11.1. The molecule has 0 aromatic heterocycles. The van der Waals surface area contributed by atoms with E-state index in [1.165, 1.54) is 32.1 Å². The van der Waals surface area contributed by atoms with Gasteiger partial charge in [-0.15, -0.1) is 0 Å². The van der Waals surface area contributed by atoms with Crippen LogP contribution in [0, 0.1) is 5.92 Å². The molecule has 1 unspecified atom stereocenters. The zero-order chi connectivity index (χ0) is 12.2. The molecular formula is C11H21ClO3S. The first kappa shape index (κ1) is 14.3. The van der Waals surface area contributed by atoms with Crippen LogP contribution in [-0.4, -0.2) is 26.9 Å². The highest BCUT2D eigenvalue weighted by atomic mass is 35.7. The molecule has 0 aromatic carbocycles. The first-order chi connectivity index (χ1) is 7.35. The minimum Gasteiger partial charge on any atom is -0.377 e. The molecule has 1 saturated carbocycles. The molecule has 0 bridgehead atoms. The van der Waals surface area contributed by atoms with E-state index in [1.807, 2.05) is 6.92 Å². The number of halogens is 1. The van der Waals surface area contributed by atoms with Gasteiger partial charge in [-0.1, -0.05) is 32.1 Å². The Balaban J connectivity index is 2.57. The molecule has 1 atom stereocenters. The van der Waals surface area contributed by atoms with E-state index < -0.39 is 14.7 Å². The third-order valence-corrected chi connectivity index (χ3v) is 4.70. The smallest absolute Gasteiger partial charge is 0.235 e. The minimum atomic E-state index is -3.50. The van der Waals surface area contributed by atoms with Gasteiger partial charge in [0.1, 0.15) is 0 Å². The van der Waals surface area contributed by atoms with Crippen molar-refractivity contribution in [3.8, 4) is 0 Å². The SMILES string of the molecule is COC(C)(CC1CCCCC1)CS(=O)(=O)Cl. The predicted molar refractivity (Wildman–Crippen MR) is 66.2 cm³/mol. The molecule has 0 N–H and O–H groups in total. The monoisotopic (exact) mass is 268 g/mol. The summed E-state index contributed by atoms with van der Waals surface area (Å²) in [5.74, 6) is 0.478. The molecule has 96 valence electrons. The molecule has 1 fully saturated rings. The largest absolute Gasteiger partial charge is 0.377 e. The topological polar surface area (TPSA) is 43.4 Å². The summed E-state index contributed by atoms with van der Waals surface area (Å²) in [7, 11) is 3.37. The Hall–Kier alpha value is 0.200. The van der Waals surface area contributed by atoms with Crippen LogP contribution < -0.4 is 0 Å². The van der Waals surface area contributed by atoms with Gasteiger partial charge in [0.2, 0.25) is 9.05 Å². The Morgan fingerprint density at radius 3 is 2.31 bits per heavy atom. The van der Waals surface area contributed by atoms with Gasteiger partial charge in [0.15, 0.2) is 0 Å². The maximum absolute atomic E-state index is 11.1. The Bertz CT molecular complexity index is 309. The van der Waals surface area contributed by atoms with Crippen LogP contribution in [0.2, 0.25) is 0 Å². The van der Waals surface area contributed by atoms with Crippen LogP contribution in [-0.2, 0) is 13.8 Å². The van der Waals surface area contributed by atoms with Crippen LogP contribution in [0.25, 0.3) is 0 Å². The van der Waals surface area contributed by atoms with Gasteiger partial charge in [0.05, 0.1) is 11.4 Å². The Morgan fingerprint density at radius 1 is 1.31 bits per heavy atom. The zero-order valence-electron chi connectivity index (χ0n) is 10.0. The lowest BCUT2D eigenvalue weighted by molar-refractivity contribution is 0.000795. The number of ether oxygens (including phenoxy) is 1. The normalized spacial score (nSPS) is 22.9. The first-order valence-corrected chi connectivity index (χ1v) is 8.30. The average Bonchev–Trinajstić information content (AvgIpc) is 2.16.